The van der Waals surface area contributed by atoms with Crippen LogP contribution in [0.3, 0.4) is 0 Å². The highest BCUT2D eigenvalue weighted by Gasteiger charge is 2.02. The molecule has 1 aromatic carbocycles. The Morgan fingerprint density at radius 1 is 1.00 bits per heavy atom. The third-order valence-corrected chi connectivity index (χ3v) is 2.32. The molecule has 0 aliphatic heterocycles. The maximum atomic E-state index is 9.20. The van der Waals surface area contributed by atoms with Crippen molar-refractivity contribution in [2.24, 2.45) is 0 Å². The van der Waals surface area contributed by atoms with Crippen molar-refractivity contribution in [3.05, 3.63) is 42.7 Å². The van der Waals surface area contributed by atoms with E-state index in [-0.39, 0.29) is 5.75 Å². The van der Waals surface area contributed by atoms with Crippen LogP contribution in [0.4, 0.5) is 0 Å². The van der Waals surface area contributed by atoms with Crippen molar-refractivity contribution >= 4 is 5.65 Å². The maximum absolute atomic E-state index is 9.20. The standard InChI is InChI=1S/C11H8N4O/c16-9-3-1-8(2-4-9)10-5-6-11-13-12-7-15(11)14-10/h1-7,16H. The molecule has 5 nitrogen and oxygen atoms in total. The largest absolute Gasteiger partial charge is 0.508 e. The zero-order valence-corrected chi connectivity index (χ0v) is 8.28. The van der Waals surface area contributed by atoms with Gasteiger partial charge in [-0.05, 0) is 36.4 Å². The summed E-state index contributed by atoms with van der Waals surface area (Å²) >= 11 is 0. The summed E-state index contributed by atoms with van der Waals surface area (Å²) in [5.41, 5.74) is 2.46. The summed E-state index contributed by atoms with van der Waals surface area (Å²) in [5, 5.41) is 21.2. The van der Waals surface area contributed by atoms with Gasteiger partial charge in [0.15, 0.2) is 5.65 Å². The summed E-state index contributed by atoms with van der Waals surface area (Å²) in [6, 6.07) is 10.6. The van der Waals surface area contributed by atoms with E-state index in [1.165, 1.54) is 0 Å². The Balaban J connectivity index is 2.14. The van der Waals surface area contributed by atoms with E-state index in [2.05, 4.69) is 15.3 Å². The lowest BCUT2D eigenvalue weighted by molar-refractivity contribution is 0.475. The number of fused-ring (bicyclic) bond motifs is 1. The van der Waals surface area contributed by atoms with Crippen LogP contribution in [0.25, 0.3) is 16.9 Å². The molecule has 1 N–H and O–H groups in total. The van der Waals surface area contributed by atoms with Crippen LogP contribution in [-0.2, 0) is 0 Å². The maximum Gasteiger partial charge on any atom is 0.177 e. The van der Waals surface area contributed by atoms with Gasteiger partial charge in [-0.3, -0.25) is 0 Å². The molecule has 0 radical (unpaired) electrons. The Hall–Kier alpha value is -2.43. The van der Waals surface area contributed by atoms with Crippen molar-refractivity contribution < 1.29 is 5.11 Å². The van der Waals surface area contributed by atoms with Gasteiger partial charge in [-0.25, -0.2) is 0 Å². The molecule has 0 saturated heterocycles. The Labute approximate surface area is 91.0 Å². The molecule has 0 atom stereocenters. The normalized spacial score (nSPS) is 10.8. The Bertz CT molecular complexity index is 630. The second-order valence-corrected chi connectivity index (χ2v) is 3.40. The summed E-state index contributed by atoms with van der Waals surface area (Å²) in [7, 11) is 0. The Kier molecular flexibility index (Phi) is 1.83. The van der Waals surface area contributed by atoms with Gasteiger partial charge in [0.1, 0.15) is 12.1 Å². The highest BCUT2D eigenvalue weighted by Crippen LogP contribution is 2.19. The van der Waals surface area contributed by atoms with Crippen molar-refractivity contribution in [1.82, 2.24) is 19.8 Å². The quantitative estimate of drug-likeness (QED) is 0.663. The highest BCUT2D eigenvalue weighted by molar-refractivity contribution is 5.60. The molecule has 0 saturated carbocycles. The van der Waals surface area contributed by atoms with Crippen molar-refractivity contribution in [2.75, 3.05) is 0 Å². The van der Waals surface area contributed by atoms with Gasteiger partial charge in [0.2, 0.25) is 0 Å². The predicted octanol–water partition coefficient (Wildman–Crippen LogP) is 1.50. The molecule has 0 unspecified atom stereocenters. The van der Waals surface area contributed by atoms with Crippen molar-refractivity contribution in [1.29, 1.82) is 0 Å². The molecule has 0 aliphatic carbocycles. The van der Waals surface area contributed by atoms with Gasteiger partial charge in [-0.15, -0.1) is 10.2 Å². The molecule has 0 amide bonds. The summed E-state index contributed by atoms with van der Waals surface area (Å²) < 4.78 is 1.61. The predicted molar refractivity (Wildman–Crippen MR) is 57.9 cm³/mol. The lowest BCUT2D eigenvalue weighted by Crippen LogP contribution is -1.92. The number of phenols is 1. The molecule has 5 heteroatoms. The van der Waals surface area contributed by atoms with E-state index in [9.17, 15) is 5.11 Å². The minimum absolute atomic E-state index is 0.245. The first-order chi connectivity index (χ1) is 7.83. The SMILES string of the molecule is Oc1ccc(-c2ccc3nncn3n2)cc1. The van der Waals surface area contributed by atoms with E-state index in [4.69, 9.17) is 0 Å². The fourth-order valence-corrected chi connectivity index (χ4v) is 1.51. The van der Waals surface area contributed by atoms with Crippen LogP contribution in [0.15, 0.2) is 42.7 Å². The van der Waals surface area contributed by atoms with E-state index in [1.807, 2.05) is 24.3 Å². The molecule has 0 spiro atoms. The number of nitrogens with zero attached hydrogens (tertiary/aromatic N) is 4. The van der Waals surface area contributed by atoms with Gasteiger partial charge in [0.25, 0.3) is 0 Å². The summed E-state index contributed by atoms with van der Waals surface area (Å²) in [4.78, 5) is 0. The second-order valence-electron chi connectivity index (χ2n) is 3.40. The van der Waals surface area contributed by atoms with Gasteiger partial charge in [0, 0.05) is 5.56 Å². The minimum Gasteiger partial charge on any atom is -0.508 e. The van der Waals surface area contributed by atoms with Crippen molar-refractivity contribution in [3.8, 4) is 17.0 Å². The molecule has 3 aromatic rings. The molecule has 0 fully saturated rings. The molecule has 0 aliphatic rings. The molecular weight excluding hydrogens is 204 g/mol. The monoisotopic (exact) mass is 212 g/mol. The first kappa shape index (κ1) is 8.84. The zero-order valence-electron chi connectivity index (χ0n) is 8.28. The molecule has 2 aromatic heterocycles. The van der Waals surface area contributed by atoms with E-state index in [0.29, 0.717) is 5.65 Å². The number of hydrogen-bond acceptors (Lipinski definition) is 4. The summed E-state index contributed by atoms with van der Waals surface area (Å²) in [6.45, 7) is 0. The molecule has 2 heterocycles. The lowest BCUT2D eigenvalue weighted by atomic mass is 10.1. The van der Waals surface area contributed by atoms with Crippen LogP contribution in [-0.4, -0.2) is 24.9 Å². The fraction of sp³-hybridized carbons (Fsp3) is 0. The van der Waals surface area contributed by atoms with Gasteiger partial charge in [-0.1, -0.05) is 0 Å². The summed E-state index contributed by atoms with van der Waals surface area (Å²) in [6.07, 6.45) is 1.55. The average Bonchev–Trinajstić information content (AvgIpc) is 2.77. The Morgan fingerprint density at radius 2 is 1.81 bits per heavy atom. The van der Waals surface area contributed by atoms with Crippen LogP contribution in [0.2, 0.25) is 0 Å². The molecule has 3 rings (SSSR count). The van der Waals surface area contributed by atoms with Crippen molar-refractivity contribution in [3.63, 3.8) is 0 Å². The molecule has 78 valence electrons. The first-order valence-electron chi connectivity index (χ1n) is 4.79. The van der Waals surface area contributed by atoms with Gasteiger partial charge in [-0.2, -0.15) is 9.61 Å². The van der Waals surface area contributed by atoms with Crippen LogP contribution < -0.4 is 0 Å². The number of aromatic nitrogens is 4. The average molecular weight is 212 g/mol. The van der Waals surface area contributed by atoms with Crippen LogP contribution in [0.5, 0.6) is 5.75 Å². The molecular formula is C11H8N4O. The second kappa shape index (κ2) is 3.30. The minimum atomic E-state index is 0.245. The van der Waals surface area contributed by atoms with Gasteiger partial charge >= 0.3 is 0 Å². The van der Waals surface area contributed by atoms with Crippen LogP contribution >= 0.6 is 0 Å². The van der Waals surface area contributed by atoms with E-state index >= 15 is 0 Å². The van der Waals surface area contributed by atoms with E-state index in [1.54, 1.807) is 23.0 Å². The number of phenolic OH excluding ortho intramolecular Hbond substituents is 1. The van der Waals surface area contributed by atoms with Gasteiger partial charge < -0.3 is 5.11 Å². The number of rotatable bonds is 1. The van der Waals surface area contributed by atoms with E-state index < -0.39 is 0 Å². The number of hydrogen-bond donors (Lipinski definition) is 1. The number of aromatic hydroxyl groups is 1. The van der Waals surface area contributed by atoms with Gasteiger partial charge in [0.05, 0.1) is 5.69 Å². The molecule has 16 heavy (non-hydrogen) atoms. The smallest absolute Gasteiger partial charge is 0.177 e. The van der Waals surface area contributed by atoms with Crippen LogP contribution in [0.1, 0.15) is 0 Å². The third kappa shape index (κ3) is 1.38. The summed E-state index contributed by atoms with van der Waals surface area (Å²) in [5.74, 6) is 0.245. The first-order valence-corrected chi connectivity index (χ1v) is 4.79. The van der Waals surface area contributed by atoms with Crippen molar-refractivity contribution in [2.45, 2.75) is 0 Å². The number of benzene rings is 1. The molecule has 0 bridgehead atoms. The lowest BCUT2D eigenvalue weighted by Gasteiger charge is -2.00. The van der Waals surface area contributed by atoms with Crippen LogP contribution in [0, 0.1) is 0 Å². The fourth-order valence-electron chi connectivity index (χ4n) is 1.51. The topological polar surface area (TPSA) is 63.3 Å². The third-order valence-electron chi connectivity index (χ3n) is 2.32. The van der Waals surface area contributed by atoms with E-state index in [0.717, 1.165) is 11.3 Å². The Morgan fingerprint density at radius 3 is 2.62 bits per heavy atom. The highest BCUT2D eigenvalue weighted by atomic mass is 16.3. The zero-order chi connectivity index (χ0) is 11.0.